The number of methoxy groups -OCH3 is 1. The van der Waals surface area contributed by atoms with Crippen LogP contribution in [0, 0.1) is 12.8 Å². The highest BCUT2D eigenvalue weighted by Crippen LogP contribution is 2.36. The number of carbonyl (C=O) groups is 1. The number of aliphatic hydroxyl groups is 1. The van der Waals surface area contributed by atoms with Crippen LogP contribution in [0.5, 0.6) is 0 Å². The zero-order valence-corrected chi connectivity index (χ0v) is 21.3. The van der Waals surface area contributed by atoms with Gasteiger partial charge in [0.2, 0.25) is 5.95 Å². The molecule has 0 spiro atoms. The molecule has 10 nitrogen and oxygen atoms in total. The number of nitrogens with zero attached hydrogens (tertiary/aromatic N) is 6. The van der Waals surface area contributed by atoms with E-state index in [1.807, 2.05) is 55.2 Å². The van der Waals surface area contributed by atoms with Crippen molar-refractivity contribution in [2.75, 3.05) is 25.5 Å². The largest absolute Gasteiger partial charge is 0.389 e. The van der Waals surface area contributed by atoms with E-state index < -0.39 is 6.10 Å². The molecule has 4 heterocycles. The maximum atomic E-state index is 12.8. The third-order valence-corrected chi connectivity index (χ3v) is 7.34. The molecule has 1 aromatic carbocycles. The molecule has 4 aromatic rings. The maximum Gasteiger partial charge on any atom is 0.229 e. The molecule has 0 unspecified atom stereocenters. The van der Waals surface area contributed by atoms with Gasteiger partial charge in [0, 0.05) is 92.1 Å². The first-order valence-corrected chi connectivity index (χ1v) is 12.6. The van der Waals surface area contributed by atoms with Crippen LogP contribution in [0.4, 0.5) is 11.6 Å². The van der Waals surface area contributed by atoms with E-state index in [1.54, 1.807) is 18.0 Å². The number of β-amino-alcohol motifs (C(OH)–C–C–N with tert-alkyl or cyclic N) is 1. The second-order valence-electron chi connectivity index (χ2n) is 10.1. The lowest BCUT2D eigenvalue weighted by Crippen LogP contribution is -2.25. The van der Waals surface area contributed by atoms with Crippen LogP contribution in [0.25, 0.3) is 16.7 Å². The Hall–Kier alpha value is -3.60. The van der Waals surface area contributed by atoms with Crippen molar-refractivity contribution >= 4 is 28.3 Å². The van der Waals surface area contributed by atoms with Gasteiger partial charge in [-0.05, 0) is 38.0 Å². The molecule has 2 N–H and O–H groups in total. The summed E-state index contributed by atoms with van der Waals surface area (Å²) in [6, 6.07) is 7.79. The highest BCUT2D eigenvalue weighted by Gasteiger charge is 2.33. The molecule has 1 saturated heterocycles. The molecule has 0 radical (unpaired) electrons. The smallest absolute Gasteiger partial charge is 0.229 e. The van der Waals surface area contributed by atoms with Gasteiger partial charge in [-0.2, -0.15) is 10.1 Å². The molecule has 3 aromatic heterocycles. The Morgan fingerprint density at radius 2 is 2.05 bits per heavy atom. The topological polar surface area (TPSA) is 110 Å². The van der Waals surface area contributed by atoms with E-state index in [-0.39, 0.29) is 17.8 Å². The summed E-state index contributed by atoms with van der Waals surface area (Å²) in [7, 11) is 3.60. The van der Waals surface area contributed by atoms with Crippen LogP contribution in [0.1, 0.15) is 34.5 Å². The Bertz CT molecular complexity index is 1470. The standard InChI is InChI=1S/C27H31N7O3/c1-16-18(11-33-14-23(35)24(15-33)37-3)12-34(31-16)25-8-9-28-27(30-25)29-19-6-7-22-20(10-19)21(13-32(22)2)26(36)17-4-5-17/h6-10,12-13,17,23-24,35H,4-5,11,14-15H2,1-3H3,(H,28,29,30)/t23-,24+/m0/s1. The predicted molar refractivity (Wildman–Crippen MR) is 139 cm³/mol. The number of aliphatic hydroxyl groups excluding tert-OH is 1. The highest BCUT2D eigenvalue weighted by molar-refractivity contribution is 6.10. The van der Waals surface area contributed by atoms with E-state index in [0.29, 0.717) is 31.4 Å². The lowest BCUT2D eigenvalue weighted by Gasteiger charge is -2.14. The van der Waals surface area contributed by atoms with Crippen LogP contribution in [0.15, 0.2) is 42.9 Å². The fourth-order valence-corrected chi connectivity index (χ4v) is 5.10. The first kappa shape index (κ1) is 23.8. The number of anilines is 2. The van der Waals surface area contributed by atoms with E-state index in [9.17, 15) is 9.90 Å². The summed E-state index contributed by atoms with van der Waals surface area (Å²) in [4.78, 5) is 24.0. The number of aryl methyl sites for hydroxylation is 2. The molecule has 2 aliphatic rings. The van der Waals surface area contributed by atoms with Gasteiger partial charge in [0.25, 0.3) is 0 Å². The van der Waals surface area contributed by atoms with Gasteiger partial charge in [0.15, 0.2) is 11.6 Å². The average Bonchev–Trinajstić information content (AvgIpc) is 3.49. The lowest BCUT2D eigenvalue weighted by atomic mass is 10.1. The van der Waals surface area contributed by atoms with Gasteiger partial charge < -0.3 is 19.7 Å². The average molecular weight is 502 g/mol. The second kappa shape index (κ2) is 9.37. The summed E-state index contributed by atoms with van der Waals surface area (Å²) >= 11 is 0. The summed E-state index contributed by atoms with van der Waals surface area (Å²) in [5.41, 5.74) is 4.59. The van der Waals surface area contributed by atoms with Crippen LogP contribution in [-0.2, 0) is 18.3 Å². The SMILES string of the molecule is CO[C@@H]1CN(Cc2cn(-c3ccnc(Nc4ccc5c(c4)c(C(=O)C4CC4)cn5C)n3)nc2C)C[C@@H]1O. The van der Waals surface area contributed by atoms with Gasteiger partial charge in [0.1, 0.15) is 0 Å². The minimum Gasteiger partial charge on any atom is -0.389 e. The number of Topliss-reactive ketones (excluding diaryl/α,β-unsaturated/α-hetero) is 1. The lowest BCUT2D eigenvalue weighted by molar-refractivity contribution is 0.0215. The van der Waals surface area contributed by atoms with Crippen molar-refractivity contribution in [3.05, 3.63) is 59.7 Å². The van der Waals surface area contributed by atoms with Crippen molar-refractivity contribution in [1.82, 2.24) is 29.2 Å². The van der Waals surface area contributed by atoms with Crippen molar-refractivity contribution < 1.29 is 14.6 Å². The van der Waals surface area contributed by atoms with Crippen molar-refractivity contribution in [3.63, 3.8) is 0 Å². The Morgan fingerprint density at radius 3 is 2.81 bits per heavy atom. The minimum absolute atomic E-state index is 0.163. The minimum atomic E-state index is -0.478. The number of ether oxygens (including phenoxy) is 1. The number of nitrogens with one attached hydrogen (secondary N) is 1. The molecule has 37 heavy (non-hydrogen) atoms. The van der Waals surface area contributed by atoms with Gasteiger partial charge in [0.05, 0.1) is 17.9 Å². The first-order chi connectivity index (χ1) is 17.9. The Labute approximate surface area is 214 Å². The first-order valence-electron chi connectivity index (χ1n) is 12.6. The molecule has 1 aliphatic heterocycles. The third-order valence-electron chi connectivity index (χ3n) is 7.34. The number of carbonyl (C=O) groups excluding carboxylic acids is 1. The van der Waals surface area contributed by atoms with Crippen LogP contribution >= 0.6 is 0 Å². The fourth-order valence-electron chi connectivity index (χ4n) is 5.10. The summed E-state index contributed by atoms with van der Waals surface area (Å²) in [6.45, 7) is 3.91. The quantitative estimate of drug-likeness (QED) is 0.355. The number of rotatable bonds is 8. The number of hydrogen-bond acceptors (Lipinski definition) is 8. The molecule has 0 amide bonds. The van der Waals surface area contributed by atoms with E-state index in [2.05, 4.69) is 25.3 Å². The number of likely N-dealkylation sites (tertiary alicyclic amines) is 1. The van der Waals surface area contributed by atoms with Crippen molar-refractivity contribution in [3.8, 4) is 5.82 Å². The molecule has 0 bridgehead atoms. The molecule has 2 atom stereocenters. The summed E-state index contributed by atoms with van der Waals surface area (Å²) in [6.07, 6.45) is 6.93. The molecule has 1 saturated carbocycles. The number of aromatic nitrogens is 5. The molecule has 10 heteroatoms. The van der Waals surface area contributed by atoms with Crippen molar-refractivity contribution in [1.29, 1.82) is 0 Å². The molecule has 6 rings (SSSR count). The maximum absolute atomic E-state index is 12.8. The summed E-state index contributed by atoms with van der Waals surface area (Å²) in [5.74, 6) is 1.49. The van der Waals surface area contributed by atoms with Gasteiger partial charge in [-0.1, -0.05) is 0 Å². The Balaban J connectivity index is 1.22. The zero-order valence-electron chi connectivity index (χ0n) is 21.3. The fraction of sp³-hybridized carbons (Fsp3) is 0.407. The molecular weight excluding hydrogens is 470 g/mol. The predicted octanol–water partition coefficient (Wildman–Crippen LogP) is 2.99. The second-order valence-corrected chi connectivity index (χ2v) is 10.1. The highest BCUT2D eigenvalue weighted by atomic mass is 16.5. The Morgan fingerprint density at radius 1 is 1.22 bits per heavy atom. The molecule has 1 aliphatic carbocycles. The number of ketones is 1. The van der Waals surface area contributed by atoms with Crippen molar-refractivity contribution in [2.24, 2.45) is 13.0 Å². The van der Waals surface area contributed by atoms with E-state index in [0.717, 1.165) is 46.3 Å². The number of hydrogen-bond donors (Lipinski definition) is 2. The van der Waals surface area contributed by atoms with Gasteiger partial charge in [-0.3, -0.25) is 9.69 Å². The van der Waals surface area contributed by atoms with Gasteiger partial charge >= 0.3 is 0 Å². The number of benzene rings is 1. The zero-order chi connectivity index (χ0) is 25.7. The van der Waals surface area contributed by atoms with Gasteiger partial charge in [-0.15, -0.1) is 0 Å². The van der Waals surface area contributed by atoms with Gasteiger partial charge in [-0.25, -0.2) is 9.67 Å². The summed E-state index contributed by atoms with van der Waals surface area (Å²) < 4.78 is 9.12. The third kappa shape index (κ3) is 4.63. The van der Waals surface area contributed by atoms with E-state index in [4.69, 9.17) is 4.74 Å². The monoisotopic (exact) mass is 501 g/mol. The van der Waals surface area contributed by atoms with Crippen LogP contribution in [0.3, 0.4) is 0 Å². The normalized spacial score (nSPS) is 20.1. The molecule has 2 fully saturated rings. The van der Waals surface area contributed by atoms with Crippen molar-refractivity contribution in [2.45, 2.75) is 38.5 Å². The molecular formula is C27H31N7O3. The number of fused-ring (bicyclic) bond motifs is 1. The van der Waals surface area contributed by atoms with E-state index >= 15 is 0 Å². The Kier molecular flexibility index (Phi) is 6.02. The summed E-state index contributed by atoms with van der Waals surface area (Å²) in [5, 5.41) is 19.0. The van der Waals surface area contributed by atoms with Crippen LogP contribution in [0.2, 0.25) is 0 Å². The molecule has 192 valence electrons. The van der Waals surface area contributed by atoms with E-state index in [1.165, 1.54) is 0 Å². The van der Waals surface area contributed by atoms with Crippen LogP contribution in [-0.4, -0.2) is 72.5 Å². The van der Waals surface area contributed by atoms with Crippen LogP contribution < -0.4 is 5.32 Å².